The zero-order chi connectivity index (χ0) is 22.6. The van der Waals surface area contributed by atoms with Gasteiger partial charge in [0, 0.05) is 49.6 Å². The van der Waals surface area contributed by atoms with Gasteiger partial charge in [0.05, 0.1) is 30.8 Å². The number of hydrogen-bond acceptors (Lipinski definition) is 6. The van der Waals surface area contributed by atoms with Gasteiger partial charge in [0.25, 0.3) is 5.91 Å². The van der Waals surface area contributed by atoms with E-state index in [1.165, 1.54) is 12.1 Å². The number of ether oxygens (including phenoxy) is 1. The van der Waals surface area contributed by atoms with Gasteiger partial charge in [-0.1, -0.05) is 18.2 Å². The van der Waals surface area contributed by atoms with Crippen LogP contribution >= 0.6 is 0 Å². The molecule has 1 aromatic carbocycles. The predicted octanol–water partition coefficient (Wildman–Crippen LogP) is 2.81. The zero-order valence-corrected chi connectivity index (χ0v) is 18.1. The minimum absolute atomic E-state index is 0.122. The second kappa shape index (κ2) is 9.46. The standard InChI is InChI=1S/C25H24FN5O2/c26-19-3-1-17(2-4-19)7-8-27-25(32)24-29-14-18(15-30-24)21-5-6-23-22(21)13-20(16-28-23)31-9-11-33-12-10-31/h1-5,13-16H,6-12H2,(H,27,32). The summed E-state index contributed by atoms with van der Waals surface area (Å²) in [7, 11) is 0. The Morgan fingerprint density at radius 1 is 1.06 bits per heavy atom. The van der Waals surface area contributed by atoms with Gasteiger partial charge in [-0.05, 0) is 35.8 Å². The Morgan fingerprint density at radius 2 is 1.82 bits per heavy atom. The Bertz CT molecular complexity index is 1170. The highest BCUT2D eigenvalue weighted by molar-refractivity contribution is 5.91. The van der Waals surface area contributed by atoms with E-state index in [1.54, 1.807) is 24.5 Å². The van der Waals surface area contributed by atoms with E-state index in [9.17, 15) is 9.18 Å². The van der Waals surface area contributed by atoms with E-state index < -0.39 is 0 Å². The van der Waals surface area contributed by atoms with Gasteiger partial charge in [-0.25, -0.2) is 14.4 Å². The lowest BCUT2D eigenvalue weighted by atomic mass is 10.0. The number of anilines is 1. The van der Waals surface area contributed by atoms with Crippen molar-refractivity contribution >= 4 is 17.2 Å². The number of fused-ring (bicyclic) bond motifs is 1. The quantitative estimate of drug-likeness (QED) is 0.629. The largest absolute Gasteiger partial charge is 0.378 e. The van der Waals surface area contributed by atoms with E-state index in [2.05, 4.69) is 37.3 Å². The zero-order valence-electron chi connectivity index (χ0n) is 18.1. The van der Waals surface area contributed by atoms with E-state index in [1.807, 2.05) is 6.20 Å². The first-order valence-electron chi connectivity index (χ1n) is 11.0. The van der Waals surface area contributed by atoms with Crippen LogP contribution in [-0.2, 0) is 17.6 Å². The minimum Gasteiger partial charge on any atom is -0.378 e. The Balaban J connectivity index is 1.24. The van der Waals surface area contributed by atoms with Crippen LogP contribution in [0.15, 0.2) is 55.0 Å². The normalized spacial score (nSPS) is 15.2. The van der Waals surface area contributed by atoms with Crippen LogP contribution in [0.4, 0.5) is 10.1 Å². The summed E-state index contributed by atoms with van der Waals surface area (Å²) in [6.45, 7) is 3.58. The third-order valence-electron chi connectivity index (χ3n) is 5.90. The maximum absolute atomic E-state index is 13.0. The van der Waals surface area contributed by atoms with Crippen molar-refractivity contribution < 1.29 is 13.9 Å². The number of benzene rings is 1. The molecule has 168 valence electrons. The van der Waals surface area contributed by atoms with E-state index in [-0.39, 0.29) is 17.5 Å². The third kappa shape index (κ3) is 4.75. The van der Waals surface area contributed by atoms with Crippen LogP contribution < -0.4 is 10.2 Å². The van der Waals surface area contributed by atoms with Crippen molar-refractivity contribution in [3.63, 3.8) is 0 Å². The number of carbonyl (C=O) groups excluding carboxylic acids is 1. The Hall–Kier alpha value is -3.65. The molecule has 3 heterocycles. The smallest absolute Gasteiger partial charge is 0.289 e. The Kier molecular flexibility index (Phi) is 6.08. The highest BCUT2D eigenvalue weighted by Crippen LogP contribution is 2.33. The van der Waals surface area contributed by atoms with E-state index in [4.69, 9.17) is 4.74 Å². The van der Waals surface area contributed by atoms with E-state index in [0.29, 0.717) is 13.0 Å². The number of carbonyl (C=O) groups is 1. The molecule has 1 N–H and O–H groups in total. The van der Waals surface area contributed by atoms with Crippen LogP contribution in [0.3, 0.4) is 0 Å². The van der Waals surface area contributed by atoms with Crippen LogP contribution in [0, 0.1) is 5.82 Å². The highest BCUT2D eigenvalue weighted by atomic mass is 19.1. The van der Waals surface area contributed by atoms with Gasteiger partial charge < -0.3 is 15.0 Å². The predicted molar refractivity (Wildman–Crippen MR) is 123 cm³/mol. The molecule has 8 heteroatoms. The first kappa shape index (κ1) is 21.2. The molecule has 0 bridgehead atoms. The molecule has 0 spiro atoms. The number of morpholine rings is 1. The molecular formula is C25H24FN5O2. The molecule has 1 aliphatic carbocycles. The summed E-state index contributed by atoms with van der Waals surface area (Å²) in [6, 6.07) is 8.41. The van der Waals surface area contributed by atoms with Gasteiger partial charge in [0.1, 0.15) is 5.82 Å². The van der Waals surface area contributed by atoms with Gasteiger partial charge in [-0.15, -0.1) is 0 Å². The van der Waals surface area contributed by atoms with Gasteiger partial charge in [0.2, 0.25) is 5.82 Å². The number of aromatic nitrogens is 3. The molecule has 1 aliphatic heterocycles. The molecule has 0 unspecified atom stereocenters. The fraction of sp³-hybridized carbons (Fsp3) is 0.280. The van der Waals surface area contributed by atoms with Crippen molar-refractivity contribution in [3.05, 3.63) is 89.0 Å². The van der Waals surface area contributed by atoms with Crippen LogP contribution in [0.2, 0.25) is 0 Å². The van der Waals surface area contributed by atoms with Crippen molar-refractivity contribution in [2.75, 3.05) is 37.7 Å². The van der Waals surface area contributed by atoms with Crippen molar-refractivity contribution in [3.8, 4) is 0 Å². The number of halogens is 1. The number of hydrogen-bond donors (Lipinski definition) is 1. The first-order valence-corrected chi connectivity index (χ1v) is 11.0. The first-order chi connectivity index (χ1) is 16.2. The van der Waals surface area contributed by atoms with Gasteiger partial charge in [-0.3, -0.25) is 9.78 Å². The Morgan fingerprint density at radius 3 is 2.58 bits per heavy atom. The molecule has 5 rings (SSSR count). The fourth-order valence-electron chi connectivity index (χ4n) is 4.09. The average Bonchev–Trinajstić information content (AvgIpc) is 3.29. The fourth-order valence-corrected chi connectivity index (χ4v) is 4.09. The molecule has 3 aromatic rings. The molecule has 0 radical (unpaired) electrons. The summed E-state index contributed by atoms with van der Waals surface area (Å²) in [6.07, 6.45) is 8.79. The number of allylic oxidation sites excluding steroid dienone is 1. The molecule has 0 atom stereocenters. The molecule has 1 saturated heterocycles. The second-order valence-corrected chi connectivity index (χ2v) is 8.04. The van der Waals surface area contributed by atoms with Crippen molar-refractivity contribution in [2.45, 2.75) is 12.8 Å². The minimum atomic E-state index is -0.333. The van der Waals surface area contributed by atoms with Crippen LogP contribution in [-0.4, -0.2) is 53.7 Å². The van der Waals surface area contributed by atoms with E-state index in [0.717, 1.165) is 66.4 Å². The number of nitrogens with one attached hydrogen (secondary N) is 1. The lowest BCUT2D eigenvalue weighted by Gasteiger charge is -2.29. The molecule has 0 saturated carbocycles. The molecule has 1 amide bonds. The lowest BCUT2D eigenvalue weighted by Crippen LogP contribution is -2.36. The van der Waals surface area contributed by atoms with Gasteiger partial charge in [0.15, 0.2) is 0 Å². The summed E-state index contributed by atoms with van der Waals surface area (Å²) in [5.74, 6) is -0.484. The van der Waals surface area contributed by atoms with Gasteiger partial charge >= 0.3 is 0 Å². The summed E-state index contributed by atoms with van der Waals surface area (Å²) in [4.78, 5) is 27.9. The average molecular weight is 445 g/mol. The number of rotatable bonds is 6. The van der Waals surface area contributed by atoms with Crippen LogP contribution in [0.5, 0.6) is 0 Å². The van der Waals surface area contributed by atoms with Crippen molar-refractivity contribution in [1.82, 2.24) is 20.3 Å². The third-order valence-corrected chi connectivity index (χ3v) is 5.90. The SMILES string of the molecule is O=C(NCCc1ccc(F)cc1)c1ncc(C2=CCc3ncc(N4CCOCC4)cc32)cn1. The maximum atomic E-state index is 13.0. The van der Waals surface area contributed by atoms with E-state index >= 15 is 0 Å². The summed E-state index contributed by atoms with van der Waals surface area (Å²) >= 11 is 0. The summed E-state index contributed by atoms with van der Waals surface area (Å²) < 4.78 is 18.4. The molecule has 1 fully saturated rings. The summed E-state index contributed by atoms with van der Waals surface area (Å²) in [5, 5.41) is 2.81. The number of amides is 1. The Labute approximate surface area is 191 Å². The van der Waals surface area contributed by atoms with Gasteiger partial charge in [-0.2, -0.15) is 0 Å². The molecular weight excluding hydrogens is 421 g/mol. The maximum Gasteiger partial charge on any atom is 0.289 e. The topological polar surface area (TPSA) is 80.2 Å². The number of pyridine rings is 1. The molecule has 7 nitrogen and oxygen atoms in total. The van der Waals surface area contributed by atoms with Crippen LogP contribution in [0.25, 0.3) is 5.57 Å². The molecule has 2 aromatic heterocycles. The molecule has 33 heavy (non-hydrogen) atoms. The summed E-state index contributed by atoms with van der Waals surface area (Å²) in [5.41, 5.74) is 6.05. The number of nitrogens with zero attached hydrogens (tertiary/aromatic N) is 4. The van der Waals surface area contributed by atoms with Crippen LogP contribution in [0.1, 0.15) is 33.0 Å². The lowest BCUT2D eigenvalue weighted by molar-refractivity contribution is 0.0943. The van der Waals surface area contributed by atoms with Crippen molar-refractivity contribution in [1.29, 1.82) is 0 Å². The monoisotopic (exact) mass is 445 g/mol. The second-order valence-electron chi connectivity index (χ2n) is 8.04. The highest BCUT2D eigenvalue weighted by Gasteiger charge is 2.21. The molecule has 2 aliphatic rings. The van der Waals surface area contributed by atoms with Crippen molar-refractivity contribution in [2.24, 2.45) is 0 Å².